The summed E-state index contributed by atoms with van der Waals surface area (Å²) in [5, 5.41) is 12.6. The van der Waals surface area contributed by atoms with Crippen molar-refractivity contribution in [3.8, 4) is 0 Å². The van der Waals surface area contributed by atoms with Gasteiger partial charge >= 0.3 is 0 Å². The van der Waals surface area contributed by atoms with Crippen molar-refractivity contribution in [1.82, 2.24) is 9.88 Å². The summed E-state index contributed by atoms with van der Waals surface area (Å²) in [6.07, 6.45) is 2.73. The molecule has 0 amide bonds. The van der Waals surface area contributed by atoms with Crippen molar-refractivity contribution in [2.24, 2.45) is 4.99 Å². The molecule has 128 valence electrons. The minimum atomic E-state index is -0.299. The van der Waals surface area contributed by atoms with Gasteiger partial charge in [0.2, 0.25) is 0 Å². The van der Waals surface area contributed by atoms with Crippen LogP contribution in [0.25, 0.3) is 0 Å². The first-order valence-electron chi connectivity index (χ1n) is 8.34. The molecule has 0 saturated carbocycles. The molecule has 4 rings (SSSR count). The number of nitro groups is 1. The van der Waals surface area contributed by atoms with Crippen LogP contribution in [0.1, 0.15) is 36.7 Å². The average molecular weight is 354 g/mol. The number of rotatable bonds is 4. The Kier molecular flexibility index (Phi) is 4.17. The van der Waals surface area contributed by atoms with Gasteiger partial charge in [0.1, 0.15) is 6.04 Å². The van der Waals surface area contributed by atoms with Crippen LogP contribution in [0.5, 0.6) is 0 Å². The lowest BCUT2D eigenvalue weighted by Crippen LogP contribution is -2.35. The van der Waals surface area contributed by atoms with Crippen molar-refractivity contribution in [3.05, 3.63) is 70.0 Å². The van der Waals surface area contributed by atoms with Crippen LogP contribution in [0.4, 0.5) is 5.69 Å². The van der Waals surface area contributed by atoms with Crippen molar-refractivity contribution in [3.63, 3.8) is 0 Å². The summed E-state index contributed by atoms with van der Waals surface area (Å²) < 4.78 is 0. The molecule has 1 fully saturated rings. The van der Waals surface area contributed by atoms with E-state index in [1.54, 1.807) is 30.1 Å². The summed E-state index contributed by atoms with van der Waals surface area (Å²) in [6, 6.07) is 12.7. The van der Waals surface area contributed by atoms with Crippen LogP contribution < -0.4 is 0 Å². The summed E-state index contributed by atoms with van der Waals surface area (Å²) in [4.78, 5) is 22.9. The minimum absolute atomic E-state index is 0.150. The van der Waals surface area contributed by atoms with Crippen molar-refractivity contribution >= 4 is 22.6 Å². The summed E-state index contributed by atoms with van der Waals surface area (Å²) in [5.41, 5.74) is 1.71. The van der Waals surface area contributed by atoms with E-state index in [0.717, 1.165) is 23.0 Å². The second-order valence-corrected chi connectivity index (χ2v) is 7.14. The number of hydrogen-bond donors (Lipinski definition) is 0. The van der Waals surface area contributed by atoms with Gasteiger partial charge in [0.15, 0.2) is 5.17 Å². The molecular weight excluding hydrogens is 336 g/mol. The molecule has 2 aliphatic rings. The van der Waals surface area contributed by atoms with Gasteiger partial charge in [0, 0.05) is 24.1 Å². The Balaban J connectivity index is 1.85. The lowest BCUT2D eigenvalue weighted by atomic mass is 9.94. The maximum Gasteiger partial charge on any atom is 0.274 e. The molecule has 7 heteroatoms. The molecule has 6 nitrogen and oxygen atoms in total. The number of amidine groups is 1. The Hall–Kier alpha value is -2.41. The number of nitrogens with zero attached hydrogens (tertiary/aromatic N) is 4. The number of aliphatic imine (C=N–C) groups is 1. The maximum atomic E-state index is 11.6. The van der Waals surface area contributed by atoms with Gasteiger partial charge in [-0.05, 0) is 24.6 Å². The van der Waals surface area contributed by atoms with Gasteiger partial charge in [-0.2, -0.15) is 0 Å². The van der Waals surface area contributed by atoms with Crippen LogP contribution in [-0.2, 0) is 0 Å². The molecule has 1 aromatic carbocycles. The molecule has 3 atom stereocenters. The van der Waals surface area contributed by atoms with Gasteiger partial charge in [-0.25, -0.2) is 0 Å². The molecule has 0 bridgehead atoms. The fourth-order valence-corrected chi connectivity index (χ4v) is 4.93. The number of nitro benzene ring substituents is 1. The van der Waals surface area contributed by atoms with Crippen LogP contribution in [0, 0.1) is 10.1 Å². The molecule has 0 N–H and O–H groups in total. The van der Waals surface area contributed by atoms with Crippen molar-refractivity contribution in [1.29, 1.82) is 0 Å². The lowest BCUT2D eigenvalue weighted by molar-refractivity contribution is -0.386. The Morgan fingerprint density at radius 3 is 2.80 bits per heavy atom. The zero-order chi connectivity index (χ0) is 17.4. The van der Waals surface area contributed by atoms with E-state index in [1.807, 2.05) is 30.3 Å². The molecule has 1 saturated heterocycles. The van der Waals surface area contributed by atoms with Gasteiger partial charge in [-0.1, -0.05) is 36.9 Å². The number of para-hydroxylation sites is 1. The fourth-order valence-electron chi connectivity index (χ4n) is 3.59. The van der Waals surface area contributed by atoms with Crippen LogP contribution in [-0.4, -0.2) is 31.8 Å². The van der Waals surface area contributed by atoms with Gasteiger partial charge in [-0.3, -0.25) is 20.1 Å². The number of pyridine rings is 1. The highest BCUT2D eigenvalue weighted by Crippen LogP contribution is 2.50. The zero-order valence-electron chi connectivity index (χ0n) is 13.8. The number of fused-ring (bicyclic) bond motifs is 1. The Labute approximate surface area is 150 Å². The van der Waals surface area contributed by atoms with E-state index in [-0.39, 0.29) is 22.7 Å². The molecule has 25 heavy (non-hydrogen) atoms. The van der Waals surface area contributed by atoms with Crippen molar-refractivity contribution in [2.45, 2.75) is 31.5 Å². The highest BCUT2D eigenvalue weighted by Gasteiger charge is 2.47. The van der Waals surface area contributed by atoms with Crippen LogP contribution in [0.2, 0.25) is 0 Å². The second kappa shape index (κ2) is 6.48. The Morgan fingerprint density at radius 1 is 1.28 bits per heavy atom. The number of benzene rings is 1. The smallest absolute Gasteiger partial charge is 0.274 e. The quantitative estimate of drug-likeness (QED) is 0.614. The summed E-state index contributed by atoms with van der Waals surface area (Å²) in [6.45, 7) is 2.15. The third kappa shape index (κ3) is 2.68. The molecule has 0 aliphatic carbocycles. The molecule has 0 radical (unpaired) electrons. The molecule has 2 aliphatic heterocycles. The molecule has 3 heterocycles. The first-order chi connectivity index (χ1) is 12.2. The van der Waals surface area contributed by atoms with Gasteiger partial charge in [-0.15, -0.1) is 0 Å². The lowest BCUT2D eigenvalue weighted by Gasteiger charge is -2.31. The summed E-state index contributed by atoms with van der Waals surface area (Å²) >= 11 is 1.74. The zero-order valence-corrected chi connectivity index (χ0v) is 14.6. The largest absolute Gasteiger partial charge is 0.338 e. The van der Waals surface area contributed by atoms with Gasteiger partial charge in [0.25, 0.3) is 5.69 Å². The monoisotopic (exact) mass is 354 g/mol. The molecule has 0 spiro atoms. The van der Waals surface area contributed by atoms with E-state index in [0.29, 0.717) is 11.6 Å². The van der Waals surface area contributed by atoms with Gasteiger partial charge in [0.05, 0.1) is 22.2 Å². The third-order valence-electron chi connectivity index (χ3n) is 4.78. The maximum absolute atomic E-state index is 11.6. The topological polar surface area (TPSA) is 71.6 Å². The van der Waals surface area contributed by atoms with E-state index in [2.05, 4.69) is 16.8 Å². The van der Waals surface area contributed by atoms with Crippen molar-refractivity contribution < 1.29 is 4.92 Å². The van der Waals surface area contributed by atoms with E-state index in [1.165, 1.54) is 0 Å². The van der Waals surface area contributed by atoms with E-state index >= 15 is 0 Å². The molecule has 1 aromatic heterocycles. The van der Waals surface area contributed by atoms with Gasteiger partial charge < -0.3 is 4.90 Å². The average Bonchev–Trinajstić information content (AvgIpc) is 3.21. The minimum Gasteiger partial charge on any atom is -0.338 e. The van der Waals surface area contributed by atoms with E-state index in [4.69, 9.17) is 4.99 Å². The first-order valence-corrected chi connectivity index (χ1v) is 9.32. The highest BCUT2D eigenvalue weighted by atomic mass is 32.2. The van der Waals surface area contributed by atoms with Crippen LogP contribution >= 0.6 is 11.8 Å². The standard InChI is InChI=1S/C18H18N4O2S/c1-2-12-11-25-18-20-16(14-8-5-6-10-19-14)17(21(12)18)13-7-3-4-9-15(13)22(23)24/h3-10,12,16-17H,2,11H2,1H3. The number of hydrogen-bond acceptors (Lipinski definition) is 6. The third-order valence-corrected chi connectivity index (χ3v) is 5.91. The van der Waals surface area contributed by atoms with Crippen LogP contribution in [0.15, 0.2) is 53.7 Å². The number of thioether (sulfide) groups is 1. The number of aromatic nitrogens is 1. The molecular formula is C18H18N4O2S. The Morgan fingerprint density at radius 2 is 2.08 bits per heavy atom. The highest BCUT2D eigenvalue weighted by molar-refractivity contribution is 8.14. The SMILES string of the molecule is CCC1CSC2=NC(c3ccccn3)C(c3ccccc3[N+](=O)[O-])N21. The van der Waals surface area contributed by atoms with Crippen LogP contribution in [0.3, 0.4) is 0 Å². The Bertz CT molecular complexity index is 827. The fraction of sp³-hybridized carbons (Fsp3) is 0.333. The summed E-state index contributed by atoms with van der Waals surface area (Å²) in [7, 11) is 0. The first kappa shape index (κ1) is 16.1. The predicted octanol–water partition coefficient (Wildman–Crippen LogP) is 3.97. The molecule has 2 aromatic rings. The predicted molar refractivity (Wildman–Crippen MR) is 98.6 cm³/mol. The van der Waals surface area contributed by atoms with E-state index < -0.39 is 0 Å². The second-order valence-electron chi connectivity index (χ2n) is 6.15. The van der Waals surface area contributed by atoms with Crippen molar-refractivity contribution in [2.75, 3.05) is 5.75 Å². The molecule has 3 unspecified atom stereocenters. The summed E-state index contributed by atoms with van der Waals surface area (Å²) in [5.74, 6) is 0.974. The van der Waals surface area contributed by atoms with E-state index in [9.17, 15) is 10.1 Å². The normalized spacial score (nSPS) is 24.9.